The first kappa shape index (κ1) is 19.7. The van der Waals surface area contributed by atoms with Gasteiger partial charge >= 0.3 is 0 Å². The number of carbonyl (C=O) groups is 1. The number of hydrogen-bond donors (Lipinski definition) is 0. The molecule has 0 aliphatic carbocycles. The zero-order chi connectivity index (χ0) is 21.4. The summed E-state index contributed by atoms with van der Waals surface area (Å²) in [7, 11) is 1.54. The highest BCUT2D eigenvalue weighted by Gasteiger charge is 2.24. The molecule has 156 valence electrons. The van der Waals surface area contributed by atoms with Crippen molar-refractivity contribution >= 4 is 11.7 Å². The van der Waals surface area contributed by atoms with Gasteiger partial charge in [-0.1, -0.05) is 0 Å². The standard InChI is InChI=1S/C20H24N8O2/c1-13-11-14(2)28(23-13)18-12-17(21-15(3)22-18)26-7-9-27(10-8-26)20(30)16-5-6-19(29)25(4)24-16/h5-6,11-12H,7-10H2,1-4H3. The molecule has 0 unspecified atom stereocenters. The van der Waals surface area contributed by atoms with Crippen molar-refractivity contribution in [2.75, 3.05) is 31.1 Å². The van der Waals surface area contributed by atoms with Gasteiger partial charge in [-0.15, -0.1) is 0 Å². The number of aryl methyl sites for hydroxylation is 4. The average molecular weight is 408 g/mol. The van der Waals surface area contributed by atoms with Gasteiger partial charge < -0.3 is 9.80 Å². The van der Waals surface area contributed by atoms with Crippen LogP contribution in [0.2, 0.25) is 0 Å². The van der Waals surface area contributed by atoms with Crippen LogP contribution in [0.5, 0.6) is 0 Å². The molecule has 30 heavy (non-hydrogen) atoms. The van der Waals surface area contributed by atoms with Crippen molar-refractivity contribution in [3.8, 4) is 5.82 Å². The minimum Gasteiger partial charge on any atom is -0.353 e. The Balaban J connectivity index is 1.50. The first-order valence-corrected chi connectivity index (χ1v) is 9.80. The fourth-order valence-electron chi connectivity index (χ4n) is 3.58. The van der Waals surface area contributed by atoms with Gasteiger partial charge in [0.15, 0.2) is 5.82 Å². The van der Waals surface area contributed by atoms with Crippen LogP contribution in [0.25, 0.3) is 5.82 Å². The van der Waals surface area contributed by atoms with E-state index in [9.17, 15) is 9.59 Å². The Morgan fingerprint density at radius 2 is 1.63 bits per heavy atom. The summed E-state index contributed by atoms with van der Waals surface area (Å²) in [4.78, 5) is 37.2. The Kier molecular flexibility index (Phi) is 5.06. The van der Waals surface area contributed by atoms with Gasteiger partial charge in [0.25, 0.3) is 11.5 Å². The fourth-order valence-corrected chi connectivity index (χ4v) is 3.58. The van der Waals surface area contributed by atoms with E-state index in [0.29, 0.717) is 32.0 Å². The van der Waals surface area contributed by atoms with Crippen LogP contribution < -0.4 is 10.5 Å². The molecule has 0 saturated carbocycles. The lowest BCUT2D eigenvalue weighted by molar-refractivity contribution is 0.0738. The van der Waals surface area contributed by atoms with E-state index >= 15 is 0 Å². The lowest BCUT2D eigenvalue weighted by atomic mass is 10.2. The first-order valence-electron chi connectivity index (χ1n) is 9.80. The van der Waals surface area contributed by atoms with E-state index in [1.807, 2.05) is 37.6 Å². The highest BCUT2D eigenvalue weighted by molar-refractivity contribution is 5.92. The fraction of sp³-hybridized carbons (Fsp3) is 0.400. The van der Waals surface area contributed by atoms with Gasteiger partial charge in [-0.05, 0) is 32.9 Å². The molecule has 1 saturated heterocycles. The van der Waals surface area contributed by atoms with Crippen molar-refractivity contribution < 1.29 is 4.79 Å². The molecule has 0 N–H and O–H groups in total. The van der Waals surface area contributed by atoms with Crippen molar-refractivity contribution in [3.63, 3.8) is 0 Å². The molecule has 4 rings (SSSR count). The summed E-state index contributed by atoms with van der Waals surface area (Å²) in [6.07, 6.45) is 0. The third-order valence-electron chi connectivity index (χ3n) is 5.11. The predicted molar refractivity (Wildman–Crippen MR) is 111 cm³/mol. The predicted octanol–water partition coefficient (Wildman–Crippen LogP) is 0.644. The number of aromatic nitrogens is 6. The SMILES string of the molecule is Cc1cc(C)n(-c2cc(N3CCN(C(=O)c4ccc(=O)n(C)n4)CC3)nc(C)n2)n1. The number of rotatable bonds is 3. The van der Waals surface area contributed by atoms with Crippen molar-refractivity contribution in [2.45, 2.75) is 20.8 Å². The monoisotopic (exact) mass is 408 g/mol. The first-order chi connectivity index (χ1) is 14.3. The van der Waals surface area contributed by atoms with Crippen LogP contribution in [0.15, 0.2) is 29.1 Å². The zero-order valence-electron chi connectivity index (χ0n) is 17.5. The Morgan fingerprint density at radius 3 is 2.27 bits per heavy atom. The van der Waals surface area contributed by atoms with E-state index in [1.165, 1.54) is 23.9 Å². The molecule has 3 aromatic rings. The minimum atomic E-state index is -0.242. The number of hydrogen-bond acceptors (Lipinski definition) is 7. The van der Waals surface area contributed by atoms with Gasteiger partial charge in [-0.3, -0.25) is 9.59 Å². The van der Waals surface area contributed by atoms with Crippen LogP contribution in [0, 0.1) is 20.8 Å². The number of anilines is 1. The lowest BCUT2D eigenvalue weighted by Crippen LogP contribution is -2.49. The van der Waals surface area contributed by atoms with Gasteiger partial charge in [0.1, 0.15) is 17.3 Å². The molecule has 0 spiro atoms. The van der Waals surface area contributed by atoms with Gasteiger partial charge in [-0.2, -0.15) is 10.2 Å². The van der Waals surface area contributed by atoms with E-state index in [-0.39, 0.29) is 17.2 Å². The number of amides is 1. The van der Waals surface area contributed by atoms with Gasteiger partial charge in [0.05, 0.1) is 5.69 Å². The quantitative estimate of drug-likeness (QED) is 0.627. The molecule has 0 aromatic carbocycles. The number of nitrogens with zero attached hydrogens (tertiary/aromatic N) is 8. The second-order valence-electron chi connectivity index (χ2n) is 7.43. The summed E-state index contributed by atoms with van der Waals surface area (Å²) in [5, 5.41) is 8.57. The molecule has 4 heterocycles. The summed E-state index contributed by atoms with van der Waals surface area (Å²) < 4.78 is 2.99. The molecular formula is C20H24N8O2. The normalized spacial score (nSPS) is 14.3. The second-order valence-corrected chi connectivity index (χ2v) is 7.43. The molecule has 1 amide bonds. The Morgan fingerprint density at radius 1 is 0.933 bits per heavy atom. The Labute approximate surface area is 173 Å². The van der Waals surface area contributed by atoms with Crippen LogP contribution in [-0.2, 0) is 7.05 Å². The number of carbonyl (C=O) groups excluding carboxylic acids is 1. The van der Waals surface area contributed by atoms with E-state index in [2.05, 4.69) is 25.1 Å². The topological polar surface area (TPSA) is 102 Å². The maximum absolute atomic E-state index is 12.7. The minimum absolute atomic E-state index is 0.174. The summed E-state index contributed by atoms with van der Waals surface area (Å²) in [5.41, 5.74) is 1.98. The molecule has 0 radical (unpaired) electrons. The van der Waals surface area contributed by atoms with Crippen molar-refractivity contribution in [1.82, 2.24) is 34.4 Å². The van der Waals surface area contributed by atoms with Crippen LogP contribution in [0.3, 0.4) is 0 Å². The summed E-state index contributed by atoms with van der Waals surface area (Å²) >= 11 is 0. The summed E-state index contributed by atoms with van der Waals surface area (Å²) in [6, 6.07) is 6.78. The van der Waals surface area contributed by atoms with E-state index in [1.54, 1.807) is 4.90 Å². The van der Waals surface area contributed by atoms with Gasteiger partial charge in [0, 0.05) is 51.1 Å². The van der Waals surface area contributed by atoms with E-state index in [4.69, 9.17) is 0 Å². The maximum Gasteiger partial charge on any atom is 0.274 e. The molecular weight excluding hydrogens is 384 g/mol. The zero-order valence-corrected chi connectivity index (χ0v) is 17.5. The lowest BCUT2D eigenvalue weighted by Gasteiger charge is -2.35. The molecule has 3 aromatic heterocycles. The Bertz CT molecular complexity index is 1160. The number of piperazine rings is 1. The molecule has 1 aliphatic rings. The summed E-state index contributed by atoms with van der Waals surface area (Å²) in [5.74, 6) is 2.05. The molecule has 0 bridgehead atoms. The van der Waals surface area contributed by atoms with E-state index in [0.717, 1.165) is 23.0 Å². The Hall–Kier alpha value is -3.56. The van der Waals surface area contributed by atoms with Gasteiger partial charge in [0.2, 0.25) is 0 Å². The highest BCUT2D eigenvalue weighted by atomic mass is 16.2. The molecule has 10 heteroatoms. The molecule has 10 nitrogen and oxygen atoms in total. The third-order valence-corrected chi connectivity index (χ3v) is 5.11. The summed E-state index contributed by atoms with van der Waals surface area (Å²) in [6.45, 7) is 8.19. The average Bonchev–Trinajstić information content (AvgIpc) is 3.07. The van der Waals surface area contributed by atoms with Crippen LogP contribution in [0.1, 0.15) is 27.7 Å². The molecule has 0 atom stereocenters. The maximum atomic E-state index is 12.7. The van der Waals surface area contributed by atoms with Crippen molar-refractivity contribution in [1.29, 1.82) is 0 Å². The molecule has 1 aliphatic heterocycles. The van der Waals surface area contributed by atoms with Crippen LogP contribution in [-0.4, -0.2) is 66.5 Å². The van der Waals surface area contributed by atoms with Crippen molar-refractivity contribution in [2.24, 2.45) is 7.05 Å². The van der Waals surface area contributed by atoms with Gasteiger partial charge in [-0.25, -0.2) is 19.3 Å². The van der Waals surface area contributed by atoms with Crippen LogP contribution >= 0.6 is 0 Å². The van der Waals surface area contributed by atoms with Crippen LogP contribution in [0.4, 0.5) is 5.82 Å². The van der Waals surface area contributed by atoms with Crippen molar-refractivity contribution in [3.05, 3.63) is 57.5 Å². The molecule has 1 fully saturated rings. The third kappa shape index (κ3) is 3.80. The largest absolute Gasteiger partial charge is 0.353 e. The highest BCUT2D eigenvalue weighted by Crippen LogP contribution is 2.19. The second kappa shape index (κ2) is 7.69. The van der Waals surface area contributed by atoms with E-state index < -0.39 is 0 Å². The smallest absolute Gasteiger partial charge is 0.274 e.